The summed E-state index contributed by atoms with van der Waals surface area (Å²) in [6.07, 6.45) is 6.44. The van der Waals surface area contributed by atoms with Gasteiger partial charge in [0.05, 0.1) is 0 Å². The maximum atomic E-state index is 5.00. The second-order valence-electron chi connectivity index (χ2n) is 4.05. The van der Waals surface area contributed by atoms with Gasteiger partial charge in [0.25, 0.3) is 0 Å². The molecule has 0 aliphatic carbocycles. The van der Waals surface area contributed by atoms with Gasteiger partial charge in [0.15, 0.2) is 0 Å². The van der Waals surface area contributed by atoms with E-state index in [1.165, 1.54) is 38.6 Å². The summed E-state index contributed by atoms with van der Waals surface area (Å²) in [5.41, 5.74) is 0. The van der Waals surface area contributed by atoms with E-state index in [0.29, 0.717) is 0 Å². The first kappa shape index (κ1) is 12.0. The molecule has 1 rings (SSSR count). The zero-order chi connectivity index (χ0) is 10.1. The van der Waals surface area contributed by atoms with Crippen LogP contribution in [0.4, 0.5) is 0 Å². The Hall–Kier alpha value is -0.120. The number of unbranched alkanes of at least 4 members (excludes halogenated alkanes) is 2. The van der Waals surface area contributed by atoms with E-state index in [1.807, 2.05) is 0 Å². The Morgan fingerprint density at radius 3 is 3.00 bits per heavy atom. The van der Waals surface area contributed by atoms with Crippen molar-refractivity contribution in [3.63, 3.8) is 0 Å². The van der Waals surface area contributed by atoms with Crippen molar-refractivity contribution in [1.29, 1.82) is 0 Å². The van der Waals surface area contributed by atoms with Crippen molar-refractivity contribution in [3.05, 3.63) is 0 Å². The Balaban J connectivity index is 1.75. The lowest BCUT2D eigenvalue weighted by molar-refractivity contribution is 0.192. The van der Waals surface area contributed by atoms with E-state index in [9.17, 15) is 0 Å². The molecule has 1 aliphatic rings. The van der Waals surface area contributed by atoms with Gasteiger partial charge in [-0.25, -0.2) is 0 Å². The molecule has 0 aromatic rings. The largest absolute Gasteiger partial charge is 0.385 e. The van der Waals surface area contributed by atoms with Gasteiger partial charge in [-0.2, -0.15) is 0 Å². The van der Waals surface area contributed by atoms with Crippen LogP contribution in [0.25, 0.3) is 0 Å². The SMILES string of the molecule is COCCCCCNCC1CCCN1. The van der Waals surface area contributed by atoms with E-state index in [4.69, 9.17) is 4.74 Å². The fourth-order valence-corrected chi connectivity index (χ4v) is 1.88. The van der Waals surface area contributed by atoms with Crippen LogP contribution in [-0.4, -0.2) is 39.4 Å². The number of ether oxygens (including phenoxy) is 1. The molecule has 3 nitrogen and oxygen atoms in total. The molecule has 0 bridgehead atoms. The highest BCUT2D eigenvalue weighted by atomic mass is 16.5. The molecule has 0 aromatic carbocycles. The van der Waals surface area contributed by atoms with E-state index in [1.54, 1.807) is 7.11 Å². The number of hydrogen-bond donors (Lipinski definition) is 2. The van der Waals surface area contributed by atoms with Crippen molar-refractivity contribution < 1.29 is 4.74 Å². The maximum absolute atomic E-state index is 5.00. The molecule has 1 fully saturated rings. The minimum absolute atomic E-state index is 0.731. The summed E-state index contributed by atoms with van der Waals surface area (Å²) in [5.74, 6) is 0. The van der Waals surface area contributed by atoms with E-state index < -0.39 is 0 Å². The minimum Gasteiger partial charge on any atom is -0.385 e. The van der Waals surface area contributed by atoms with Crippen LogP contribution in [0.1, 0.15) is 32.1 Å². The molecule has 0 aromatic heterocycles. The molecule has 14 heavy (non-hydrogen) atoms. The highest BCUT2D eigenvalue weighted by Gasteiger charge is 2.12. The Morgan fingerprint density at radius 2 is 2.29 bits per heavy atom. The van der Waals surface area contributed by atoms with Crippen LogP contribution in [0.15, 0.2) is 0 Å². The van der Waals surface area contributed by atoms with Crippen LogP contribution in [0.2, 0.25) is 0 Å². The topological polar surface area (TPSA) is 33.3 Å². The van der Waals surface area contributed by atoms with E-state index in [2.05, 4.69) is 10.6 Å². The lowest BCUT2D eigenvalue weighted by Gasteiger charge is -2.10. The lowest BCUT2D eigenvalue weighted by atomic mass is 10.2. The van der Waals surface area contributed by atoms with Gasteiger partial charge in [0.1, 0.15) is 0 Å². The van der Waals surface area contributed by atoms with Crippen LogP contribution in [-0.2, 0) is 4.74 Å². The van der Waals surface area contributed by atoms with Gasteiger partial charge >= 0.3 is 0 Å². The second kappa shape index (κ2) is 8.21. The van der Waals surface area contributed by atoms with Crippen molar-refractivity contribution in [1.82, 2.24) is 10.6 Å². The van der Waals surface area contributed by atoms with Gasteiger partial charge in [0, 0.05) is 26.3 Å². The fraction of sp³-hybridized carbons (Fsp3) is 1.00. The molecule has 0 saturated carbocycles. The second-order valence-corrected chi connectivity index (χ2v) is 4.05. The predicted octanol–water partition coefficient (Wildman–Crippen LogP) is 1.14. The van der Waals surface area contributed by atoms with Crippen molar-refractivity contribution in [2.24, 2.45) is 0 Å². The van der Waals surface area contributed by atoms with Crippen molar-refractivity contribution >= 4 is 0 Å². The van der Waals surface area contributed by atoms with Crippen molar-refractivity contribution in [3.8, 4) is 0 Å². The van der Waals surface area contributed by atoms with E-state index in [0.717, 1.165) is 25.7 Å². The van der Waals surface area contributed by atoms with E-state index in [-0.39, 0.29) is 0 Å². The summed E-state index contributed by atoms with van der Waals surface area (Å²) < 4.78 is 5.00. The molecule has 0 spiro atoms. The first-order valence-corrected chi connectivity index (χ1v) is 5.86. The molecule has 1 aliphatic heterocycles. The lowest BCUT2D eigenvalue weighted by Crippen LogP contribution is -2.34. The third-order valence-electron chi connectivity index (χ3n) is 2.76. The van der Waals surface area contributed by atoms with Crippen LogP contribution in [0, 0.1) is 0 Å². The molecule has 2 N–H and O–H groups in total. The molecular formula is C11H24N2O. The highest BCUT2D eigenvalue weighted by Crippen LogP contribution is 2.03. The number of nitrogens with one attached hydrogen (secondary N) is 2. The zero-order valence-corrected chi connectivity index (χ0v) is 9.35. The van der Waals surface area contributed by atoms with Crippen molar-refractivity contribution in [2.45, 2.75) is 38.1 Å². The molecule has 1 unspecified atom stereocenters. The first-order valence-electron chi connectivity index (χ1n) is 5.86. The van der Waals surface area contributed by atoms with Crippen LogP contribution in [0.5, 0.6) is 0 Å². The molecule has 1 atom stereocenters. The summed E-state index contributed by atoms with van der Waals surface area (Å²) in [5, 5.41) is 6.99. The predicted molar refractivity (Wildman–Crippen MR) is 59.6 cm³/mol. The quantitative estimate of drug-likeness (QED) is 0.577. The Bertz CT molecular complexity index is 124. The monoisotopic (exact) mass is 200 g/mol. The highest BCUT2D eigenvalue weighted by molar-refractivity contribution is 4.75. The third-order valence-corrected chi connectivity index (χ3v) is 2.76. The third kappa shape index (κ3) is 5.58. The normalized spacial score (nSPS) is 21.6. The number of hydrogen-bond acceptors (Lipinski definition) is 3. The van der Waals surface area contributed by atoms with Crippen LogP contribution >= 0.6 is 0 Å². The van der Waals surface area contributed by atoms with Gasteiger partial charge in [-0.1, -0.05) is 0 Å². The first-order chi connectivity index (χ1) is 6.93. The smallest absolute Gasteiger partial charge is 0.0462 e. The van der Waals surface area contributed by atoms with Crippen molar-refractivity contribution in [2.75, 3.05) is 33.4 Å². The van der Waals surface area contributed by atoms with Crippen LogP contribution in [0.3, 0.4) is 0 Å². The number of rotatable bonds is 8. The molecule has 1 saturated heterocycles. The zero-order valence-electron chi connectivity index (χ0n) is 9.35. The summed E-state index contributed by atoms with van der Waals surface area (Å²) in [4.78, 5) is 0. The Kier molecular flexibility index (Phi) is 7.01. The standard InChI is InChI=1S/C11H24N2O/c1-14-9-4-2-3-7-12-10-11-6-5-8-13-11/h11-13H,2-10H2,1H3. The molecule has 0 radical (unpaired) electrons. The van der Waals surface area contributed by atoms with Gasteiger partial charge < -0.3 is 15.4 Å². The van der Waals surface area contributed by atoms with E-state index >= 15 is 0 Å². The summed E-state index contributed by atoms with van der Waals surface area (Å²) in [7, 11) is 1.77. The van der Waals surface area contributed by atoms with Gasteiger partial charge in [-0.05, 0) is 45.2 Å². The van der Waals surface area contributed by atoms with Gasteiger partial charge in [-0.3, -0.25) is 0 Å². The maximum Gasteiger partial charge on any atom is 0.0462 e. The Labute approximate surface area is 87.6 Å². The molecular weight excluding hydrogens is 176 g/mol. The summed E-state index contributed by atoms with van der Waals surface area (Å²) in [6, 6.07) is 0.731. The minimum atomic E-state index is 0.731. The molecule has 0 amide bonds. The fourth-order valence-electron chi connectivity index (χ4n) is 1.88. The molecule has 84 valence electrons. The average Bonchev–Trinajstić information content (AvgIpc) is 2.69. The summed E-state index contributed by atoms with van der Waals surface area (Å²) >= 11 is 0. The number of methoxy groups -OCH3 is 1. The van der Waals surface area contributed by atoms with Gasteiger partial charge in [-0.15, -0.1) is 0 Å². The van der Waals surface area contributed by atoms with Crippen LogP contribution < -0.4 is 10.6 Å². The van der Waals surface area contributed by atoms with Gasteiger partial charge in [0.2, 0.25) is 0 Å². The molecule has 1 heterocycles. The summed E-state index contributed by atoms with van der Waals surface area (Å²) in [6.45, 7) is 4.41. The average molecular weight is 200 g/mol. The Morgan fingerprint density at radius 1 is 1.36 bits per heavy atom. The molecule has 3 heteroatoms.